The van der Waals surface area contributed by atoms with Gasteiger partial charge in [0.15, 0.2) is 6.29 Å². The molecule has 0 amide bonds. The smallest absolute Gasteiger partial charge is 0.157 e. The molecule has 0 saturated carbocycles. The van der Waals surface area contributed by atoms with Crippen LogP contribution in [-0.4, -0.2) is 26.3 Å². The van der Waals surface area contributed by atoms with E-state index in [0.29, 0.717) is 0 Å². The van der Waals surface area contributed by atoms with Gasteiger partial charge in [0.25, 0.3) is 0 Å². The van der Waals surface area contributed by atoms with Crippen LogP contribution in [-0.2, 0) is 14.3 Å². The number of methoxy groups -OCH3 is 1. The number of ether oxygens (including phenoxy) is 2. The zero-order chi connectivity index (χ0) is 13.5. The maximum absolute atomic E-state index is 10.1. The van der Waals surface area contributed by atoms with Gasteiger partial charge in [0, 0.05) is 20.1 Å². The summed E-state index contributed by atoms with van der Waals surface area (Å²) in [5.74, 6) is 0. The first-order chi connectivity index (χ1) is 8.85. The number of carbonyl (C=O) groups is 1. The predicted octanol–water partition coefficient (Wildman–Crippen LogP) is 4.10. The van der Waals surface area contributed by atoms with Gasteiger partial charge in [-0.25, -0.2) is 0 Å². The average molecular weight is 258 g/mol. The Morgan fingerprint density at radius 1 is 1.00 bits per heavy atom. The van der Waals surface area contributed by atoms with Crippen molar-refractivity contribution >= 4 is 6.29 Å². The van der Waals surface area contributed by atoms with Gasteiger partial charge in [0.05, 0.1) is 0 Å². The van der Waals surface area contributed by atoms with Crippen LogP contribution in [0.25, 0.3) is 0 Å². The number of aldehydes is 1. The minimum Gasteiger partial charge on any atom is -0.356 e. The quantitative estimate of drug-likeness (QED) is 0.267. The van der Waals surface area contributed by atoms with Crippen LogP contribution >= 0.6 is 0 Å². The van der Waals surface area contributed by atoms with Crippen molar-refractivity contribution in [2.45, 2.75) is 77.4 Å². The molecule has 0 saturated heterocycles. The Bertz CT molecular complexity index is 171. The highest BCUT2D eigenvalue weighted by Crippen LogP contribution is 2.09. The molecule has 0 aliphatic rings. The lowest BCUT2D eigenvalue weighted by atomic mass is 10.1. The van der Waals surface area contributed by atoms with E-state index in [1.807, 2.05) is 0 Å². The lowest BCUT2D eigenvalue weighted by Gasteiger charge is -2.15. The topological polar surface area (TPSA) is 35.5 Å². The summed E-state index contributed by atoms with van der Waals surface area (Å²) in [4.78, 5) is 10.1. The zero-order valence-corrected chi connectivity index (χ0v) is 12.2. The van der Waals surface area contributed by atoms with Crippen LogP contribution in [0.2, 0.25) is 0 Å². The molecular formula is C15H30O3. The monoisotopic (exact) mass is 258 g/mol. The first-order valence-electron chi connectivity index (χ1n) is 7.43. The van der Waals surface area contributed by atoms with Gasteiger partial charge in [-0.05, 0) is 25.7 Å². The van der Waals surface area contributed by atoms with E-state index >= 15 is 0 Å². The summed E-state index contributed by atoms with van der Waals surface area (Å²) in [6, 6.07) is 0. The first kappa shape index (κ1) is 17.6. The van der Waals surface area contributed by atoms with Crippen LogP contribution in [0.15, 0.2) is 0 Å². The molecule has 18 heavy (non-hydrogen) atoms. The summed E-state index contributed by atoms with van der Waals surface area (Å²) in [5, 5.41) is 0. The Balaban J connectivity index is 3.19. The molecule has 1 unspecified atom stereocenters. The summed E-state index contributed by atoms with van der Waals surface area (Å²) in [6.45, 7) is 2.98. The van der Waals surface area contributed by atoms with E-state index in [2.05, 4.69) is 6.92 Å². The van der Waals surface area contributed by atoms with Gasteiger partial charge in [-0.2, -0.15) is 0 Å². The van der Waals surface area contributed by atoms with E-state index in [1.165, 1.54) is 32.1 Å². The summed E-state index contributed by atoms with van der Waals surface area (Å²) in [7, 11) is 1.72. The molecule has 0 fully saturated rings. The van der Waals surface area contributed by atoms with Gasteiger partial charge in [-0.1, -0.05) is 39.0 Å². The van der Waals surface area contributed by atoms with Crippen molar-refractivity contribution in [3.8, 4) is 0 Å². The standard InChI is InChI=1S/C15H30O3/c1-3-4-12-15(17-2)18-14-11-9-7-5-6-8-10-13-16/h13,15H,3-12,14H2,1-2H3. The van der Waals surface area contributed by atoms with Crippen LogP contribution < -0.4 is 0 Å². The molecule has 0 aromatic rings. The van der Waals surface area contributed by atoms with Crippen LogP contribution in [0.1, 0.15) is 71.1 Å². The van der Waals surface area contributed by atoms with Gasteiger partial charge < -0.3 is 14.3 Å². The summed E-state index contributed by atoms with van der Waals surface area (Å²) >= 11 is 0. The second-order valence-electron chi connectivity index (χ2n) is 4.75. The lowest BCUT2D eigenvalue weighted by Crippen LogP contribution is -2.15. The fraction of sp³-hybridized carbons (Fsp3) is 0.933. The SMILES string of the molecule is CCCCC(OC)OCCCCCCCCC=O. The molecule has 0 aliphatic heterocycles. The maximum Gasteiger partial charge on any atom is 0.157 e. The Labute approximate surface area is 112 Å². The van der Waals surface area contributed by atoms with E-state index in [4.69, 9.17) is 9.47 Å². The highest BCUT2D eigenvalue weighted by Gasteiger charge is 2.05. The van der Waals surface area contributed by atoms with Crippen LogP contribution in [0.5, 0.6) is 0 Å². The van der Waals surface area contributed by atoms with Gasteiger partial charge in [0.1, 0.15) is 6.29 Å². The molecule has 0 aliphatic carbocycles. The van der Waals surface area contributed by atoms with Crippen molar-refractivity contribution in [1.29, 1.82) is 0 Å². The highest BCUT2D eigenvalue weighted by atomic mass is 16.7. The van der Waals surface area contributed by atoms with E-state index < -0.39 is 0 Å². The van der Waals surface area contributed by atoms with Crippen molar-refractivity contribution in [3.63, 3.8) is 0 Å². The fourth-order valence-corrected chi connectivity index (χ4v) is 1.89. The van der Waals surface area contributed by atoms with Gasteiger partial charge in [-0.15, -0.1) is 0 Å². The molecule has 108 valence electrons. The lowest BCUT2D eigenvalue weighted by molar-refractivity contribution is -0.128. The third-order valence-corrected chi connectivity index (χ3v) is 3.08. The van der Waals surface area contributed by atoms with E-state index in [1.54, 1.807) is 7.11 Å². The third-order valence-electron chi connectivity index (χ3n) is 3.08. The Hall–Kier alpha value is -0.410. The van der Waals surface area contributed by atoms with Crippen molar-refractivity contribution in [1.82, 2.24) is 0 Å². The second-order valence-corrected chi connectivity index (χ2v) is 4.75. The van der Waals surface area contributed by atoms with Crippen LogP contribution in [0.4, 0.5) is 0 Å². The normalized spacial score (nSPS) is 12.6. The summed E-state index contributed by atoms with van der Waals surface area (Å²) in [5.41, 5.74) is 0. The largest absolute Gasteiger partial charge is 0.356 e. The van der Waals surface area contributed by atoms with Crippen LogP contribution in [0, 0.1) is 0 Å². The van der Waals surface area contributed by atoms with Crippen LogP contribution in [0.3, 0.4) is 0 Å². The third kappa shape index (κ3) is 12.1. The number of hydrogen-bond donors (Lipinski definition) is 0. The average Bonchev–Trinajstić information content (AvgIpc) is 2.40. The van der Waals surface area contributed by atoms with Crippen molar-refractivity contribution < 1.29 is 14.3 Å². The van der Waals surface area contributed by atoms with Crippen molar-refractivity contribution in [2.75, 3.05) is 13.7 Å². The molecule has 0 radical (unpaired) electrons. The Kier molecular flexibility index (Phi) is 14.3. The second kappa shape index (κ2) is 14.7. The highest BCUT2D eigenvalue weighted by molar-refractivity contribution is 5.48. The molecule has 3 nitrogen and oxygen atoms in total. The number of rotatable bonds is 14. The van der Waals surface area contributed by atoms with Gasteiger partial charge in [-0.3, -0.25) is 0 Å². The van der Waals surface area contributed by atoms with E-state index in [-0.39, 0.29) is 6.29 Å². The Morgan fingerprint density at radius 3 is 2.28 bits per heavy atom. The zero-order valence-electron chi connectivity index (χ0n) is 12.2. The van der Waals surface area contributed by atoms with Crippen molar-refractivity contribution in [3.05, 3.63) is 0 Å². The molecular weight excluding hydrogens is 228 g/mol. The molecule has 3 heteroatoms. The van der Waals surface area contributed by atoms with Gasteiger partial charge >= 0.3 is 0 Å². The maximum atomic E-state index is 10.1. The molecule has 0 heterocycles. The van der Waals surface area contributed by atoms with E-state index in [0.717, 1.165) is 45.0 Å². The first-order valence-corrected chi connectivity index (χ1v) is 7.43. The summed E-state index contributed by atoms with van der Waals surface area (Å²) in [6.07, 6.45) is 12.1. The molecule has 1 atom stereocenters. The summed E-state index contributed by atoms with van der Waals surface area (Å²) < 4.78 is 10.9. The van der Waals surface area contributed by atoms with Gasteiger partial charge in [0.2, 0.25) is 0 Å². The molecule has 0 aromatic carbocycles. The number of carbonyl (C=O) groups excluding carboxylic acids is 1. The number of unbranched alkanes of at least 4 members (excludes halogenated alkanes) is 7. The fourth-order valence-electron chi connectivity index (χ4n) is 1.89. The molecule has 0 N–H and O–H groups in total. The molecule has 0 rings (SSSR count). The minimum absolute atomic E-state index is 0.0162. The predicted molar refractivity (Wildman–Crippen MR) is 74.7 cm³/mol. The molecule has 0 bridgehead atoms. The number of hydrogen-bond acceptors (Lipinski definition) is 3. The van der Waals surface area contributed by atoms with E-state index in [9.17, 15) is 4.79 Å². The molecule has 0 spiro atoms. The minimum atomic E-state index is -0.0162. The van der Waals surface area contributed by atoms with Crippen molar-refractivity contribution in [2.24, 2.45) is 0 Å². The Morgan fingerprint density at radius 2 is 1.67 bits per heavy atom. The molecule has 0 aromatic heterocycles.